The summed E-state index contributed by atoms with van der Waals surface area (Å²) in [6.07, 6.45) is 5.19. The van der Waals surface area contributed by atoms with Crippen LogP contribution in [-0.2, 0) is 4.74 Å². The van der Waals surface area contributed by atoms with Gasteiger partial charge < -0.3 is 19.9 Å². The fraction of sp³-hybridized carbons (Fsp3) is 0.450. The molecule has 0 radical (unpaired) electrons. The number of anilines is 1. The molecule has 2 saturated heterocycles. The number of amides is 2. The fourth-order valence-electron chi connectivity index (χ4n) is 3.71. The number of piperazine rings is 1. The maximum Gasteiger partial charge on any atom is 0.318 e. The fourth-order valence-corrected chi connectivity index (χ4v) is 3.71. The van der Waals surface area contributed by atoms with Crippen molar-refractivity contribution in [3.8, 4) is 0 Å². The molecule has 2 aliphatic rings. The molecule has 148 valence electrons. The number of carbonyl (C=O) groups is 1. The van der Waals surface area contributed by atoms with Gasteiger partial charge >= 0.3 is 6.03 Å². The van der Waals surface area contributed by atoms with Gasteiger partial charge in [0.2, 0.25) is 5.95 Å². The molecule has 0 bridgehead atoms. The maximum absolute atomic E-state index is 13.3. The molecule has 1 N–H and O–H groups in total. The van der Waals surface area contributed by atoms with Gasteiger partial charge in [0.15, 0.2) is 0 Å². The summed E-state index contributed by atoms with van der Waals surface area (Å²) in [5.41, 5.74) is 0.859. The van der Waals surface area contributed by atoms with Crippen LogP contribution in [0.5, 0.6) is 0 Å². The summed E-state index contributed by atoms with van der Waals surface area (Å²) in [6.45, 7) is 3.22. The Morgan fingerprint density at radius 3 is 2.50 bits per heavy atom. The van der Waals surface area contributed by atoms with Crippen LogP contribution in [0.2, 0.25) is 0 Å². The largest absolute Gasteiger partial charge is 0.376 e. The number of rotatable bonds is 4. The Bertz CT molecular complexity index is 775. The lowest BCUT2D eigenvalue weighted by atomic mass is 9.99. The van der Waals surface area contributed by atoms with Gasteiger partial charge in [0.25, 0.3) is 0 Å². The second-order valence-corrected chi connectivity index (χ2v) is 7.05. The Balaban J connectivity index is 1.40. The molecule has 28 heavy (non-hydrogen) atoms. The average molecular weight is 385 g/mol. The number of halogens is 1. The van der Waals surface area contributed by atoms with Crippen molar-refractivity contribution < 1.29 is 13.9 Å². The lowest BCUT2D eigenvalue weighted by molar-refractivity contribution is 0.0777. The van der Waals surface area contributed by atoms with Crippen molar-refractivity contribution in [3.05, 3.63) is 54.1 Å². The number of nitrogens with one attached hydrogen (secondary N) is 1. The van der Waals surface area contributed by atoms with E-state index in [4.69, 9.17) is 4.74 Å². The molecule has 2 fully saturated rings. The summed E-state index contributed by atoms with van der Waals surface area (Å²) in [7, 11) is 0. The second kappa shape index (κ2) is 8.52. The number of aromatic nitrogens is 2. The Morgan fingerprint density at radius 1 is 1.14 bits per heavy atom. The minimum absolute atomic E-state index is 0.0894. The summed E-state index contributed by atoms with van der Waals surface area (Å²) < 4.78 is 19.1. The normalized spacial score (nSPS) is 20.8. The monoisotopic (exact) mass is 385 g/mol. The number of hydrogen-bond acceptors (Lipinski definition) is 5. The summed E-state index contributed by atoms with van der Waals surface area (Å²) in [4.78, 5) is 25.3. The molecular weight excluding hydrogens is 361 g/mol. The molecule has 1 aromatic carbocycles. The number of carbonyl (C=O) groups excluding carboxylic acids is 1. The lowest BCUT2D eigenvalue weighted by Crippen LogP contribution is -2.53. The molecule has 7 nitrogen and oxygen atoms in total. The van der Waals surface area contributed by atoms with Crippen LogP contribution in [0, 0.1) is 5.82 Å². The van der Waals surface area contributed by atoms with Crippen LogP contribution in [0.3, 0.4) is 0 Å². The lowest BCUT2D eigenvalue weighted by Gasteiger charge is -2.36. The third-order valence-corrected chi connectivity index (χ3v) is 5.25. The molecular formula is C20H24FN5O2. The molecule has 2 amide bonds. The standard InChI is InChI=1S/C20H24FN5O2/c21-16-6-4-15(5-7-16)18(17-3-1-14-28-17)24-20(27)26-12-10-25(11-13-26)19-22-8-2-9-23-19/h2,4-9,17-18H,1,3,10-14H2,(H,24,27). The first-order chi connectivity index (χ1) is 13.7. The van der Waals surface area contributed by atoms with E-state index in [0.29, 0.717) is 38.7 Å². The van der Waals surface area contributed by atoms with E-state index in [2.05, 4.69) is 20.2 Å². The van der Waals surface area contributed by atoms with Crippen molar-refractivity contribution in [1.82, 2.24) is 20.2 Å². The SMILES string of the molecule is O=C(NC(c1ccc(F)cc1)C1CCCO1)N1CCN(c2ncccn2)CC1. The summed E-state index contributed by atoms with van der Waals surface area (Å²) in [5.74, 6) is 0.395. The highest BCUT2D eigenvalue weighted by Crippen LogP contribution is 2.27. The van der Waals surface area contributed by atoms with E-state index in [0.717, 1.165) is 18.4 Å². The number of ether oxygens (including phenoxy) is 1. The molecule has 8 heteroatoms. The zero-order chi connectivity index (χ0) is 19.3. The summed E-state index contributed by atoms with van der Waals surface area (Å²) in [5, 5.41) is 3.11. The molecule has 2 atom stereocenters. The van der Waals surface area contributed by atoms with Crippen molar-refractivity contribution in [2.45, 2.75) is 25.0 Å². The van der Waals surface area contributed by atoms with Crippen molar-refractivity contribution >= 4 is 12.0 Å². The van der Waals surface area contributed by atoms with Gasteiger partial charge in [-0.1, -0.05) is 12.1 Å². The molecule has 2 aromatic rings. The third-order valence-electron chi connectivity index (χ3n) is 5.25. The second-order valence-electron chi connectivity index (χ2n) is 7.05. The molecule has 1 aromatic heterocycles. The Hall–Kier alpha value is -2.74. The van der Waals surface area contributed by atoms with E-state index in [1.165, 1.54) is 12.1 Å². The molecule has 0 spiro atoms. The number of benzene rings is 1. The van der Waals surface area contributed by atoms with Gasteiger partial charge in [-0.15, -0.1) is 0 Å². The molecule has 4 rings (SSSR count). The predicted molar refractivity (Wildman–Crippen MR) is 102 cm³/mol. The van der Waals surface area contributed by atoms with Crippen molar-refractivity contribution in [2.24, 2.45) is 0 Å². The minimum Gasteiger partial charge on any atom is -0.376 e. The average Bonchev–Trinajstić information content (AvgIpc) is 3.28. The van der Waals surface area contributed by atoms with Crippen LogP contribution in [-0.4, -0.2) is 59.8 Å². The predicted octanol–water partition coefficient (Wildman–Crippen LogP) is 2.37. The molecule has 0 aliphatic carbocycles. The van der Waals surface area contributed by atoms with Crippen LogP contribution >= 0.6 is 0 Å². The molecule has 2 unspecified atom stereocenters. The minimum atomic E-state index is -0.291. The molecule has 0 saturated carbocycles. The van der Waals surface area contributed by atoms with Crippen molar-refractivity contribution in [2.75, 3.05) is 37.7 Å². The summed E-state index contributed by atoms with van der Waals surface area (Å²) in [6, 6.07) is 7.64. The Labute approximate surface area is 163 Å². The highest BCUT2D eigenvalue weighted by molar-refractivity contribution is 5.75. The highest BCUT2D eigenvalue weighted by atomic mass is 19.1. The first-order valence-electron chi connectivity index (χ1n) is 9.65. The van der Waals surface area contributed by atoms with Crippen LogP contribution in [0.4, 0.5) is 15.1 Å². The Morgan fingerprint density at radius 2 is 1.86 bits per heavy atom. The number of nitrogens with zero attached hydrogens (tertiary/aromatic N) is 4. The first kappa shape index (κ1) is 18.6. The highest BCUT2D eigenvalue weighted by Gasteiger charge is 2.31. The van der Waals surface area contributed by atoms with Crippen molar-refractivity contribution in [1.29, 1.82) is 0 Å². The Kier molecular flexibility index (Phi) is 5.66. The van der Waals surface area contributed by atoms with E-state index in [-0.39, 0.29) is 24.0 Å². The third kappa shape index (κ3) is 4.22. The van der Waals surface area contributed by atoms with E-state index >= 15 is 0 Å². The quantitative estimate of drug-likeness (QED) is 0.875. The van der Waals surface area contributed by atoms with E-state index < -0.39 is 0 Å². The first-order valence-corrected chi connectivity index (χ1v) is 9.65. The van der Waals surface area contributed by atoms with Crippen LogP contribution in [0.1, 0.15) is 24.4 Å². The molecule has 3 heterocycles. The van der Waals surface area contributed by atoms with Gasteiger partial charge in [0.05, 0.1) is 12.1 Å². The molecule has 2 aliphatic heterocycles. The van der Waals surface area contributed by atoms with Gasteiger partial charge in [-0.25, -0.2) is 19.2 Å². The van der Waals surface area contributed by atoms with Gasteiger partial charge in [0, 0.05) is 45.2 Å². The number of hydrogen-bond donors (Lipinski definition) is 1. The van der Waals surface area contributed by atoms with Crippen LogP contribution in [0.15, 0.2) is 42.7 Å². The van der Waals surface area contributed by atoms with E-state index in [9.17, 15) is 9.18 Å². The summed E-state index contributed by atoms with van der Waals surface area (Å²) >= 11 is 0. The zero-order valence-electron chi connectivity index (χ0n) is 15.6. The van der Waals surface area contributed by atoms with E-state index in [1.54, 1.807) is 35.5 Å². The van der Waals surface area contributed by atoms with Crippen molar-refractivity contribution in [3.63, 3.8) is 0 Å². The van der Waals surface area contributed by atoms with Crippen LogP contribution in [0.25, 0.3) is 0 Å². The van der Waals surface area contributed by atoms with Crippen LogP contribution < -0.4 is 10.2 Å². The zero-order valence-corrected chi connectivity index (χ0v) is 15.6. The van der Waals surface area contributed by atoms with E-state index in [1.807, 2.05) is 0 Å². The van der Waals surface area contributed by atoms with Gasteiger partial charge in [-0.3, -0.25) is 0 Å². The topological polar surface area (TPSA) is 70.6 Å². The smallest absolute Gasteiger partial charge is 0.318 e. The van der Waals surface area contributed by atoms with Gasteiger partial charge in [-0.05, 0) is 36.6 Å². The maximum atomic E-state index is 13.3. The van der Waals surface area contributed by atoms with Gasteiger partial charge in [-0.2, -0.15) is 0 Å². The number of urea groups is 1. The van der Waals surface area contributed by atoms with Gasteiger partial charge in [0.1, 0.15) is 5.82 Å².